The summed E-state index contributed by atoms with van der Waals surface area (Å²) in [6, 6.07) is 12.8. The molecule has 2 aromatic carbocycles. The first-order valence-electron chi connectivity index (χ1n) is 6.57. The van der Waals surface area contributed by atoms with Gasteiger partial charge >= 0.3 is 0 Å². The van der Waals surface area contributed by atoms with E-state index in [4.69, 9.17) is 16.4 Å². The smallest absolute Gasteiger partial charge is 0.261 e. The molecule has 0 spiro atoms. The van der Waals surface area contributed by atoms with Crippen LogP contribution >= 0.6 is 10.7 Å². The van der Waals surface area contributed by atoms with Gasteiger partial charge in [0.25, 0.3) is 9.05 Å². The third-order valence-corrected chi connectivity index (χ3v) is 4.26. The second-order valence-corrected chi connectivity index (χ2v) is 8.30. The standard InChI is InChI=1S/C10H14FN.C6H5ClO2S/c1-10(2,3)7-4-5-9(12)8(11)6-7;7-10(8,9)6-4-2-1-3-5-6/h4-6H,12H2,1-3H3;1-5H. The first kappa shape index (κ1) is 18.5. The van der Waals surface area contributed by atoms with Crippen molar-refractivity contribution in [2.75, 3.05) is 5.73 Å². The van der Waals surface area contributed by atoms with Crippen molar-refractivity contribution in [1.82, 2.24) is 0 Å². The average Bonchev–Trinajstić information content (AvgIpc) is 2.41. The monoisotopic (exact) mass is 343 g/mol. The van der Waals surface area contributed by atoms with Gasteiger partial charge in [0, 0.05) is 10.7 Å². The number of hydrogen-bond donors (Lipinski definition) is 1. The molecule has 0 fully saturated rings. The lowest BCUT2D eigenvalue weighted by molar-refractivity contribution is 0.574. The highest BCUT2D eigenvalue weighted by Gasteiger charge is 2.14. The molecule has 0 aliphatic heterocycles. The minimum Gasteiger partial charge on any atom is -0.396 e. The highest BCUT2D eigenvalue weighted by atomic mass is 35.7. The molecule has 6 heteroatoms. The van der Waals surface area contributed by atoms with Crippen molar-refractivity contribution < 1.29 is 12.8 Å². The quantitative estimate of drug-likeness (QED) is 0.619. The van der Waals surface area contributed by atoms with Gasteiger partial charge in [-0.25, -0.2) is 12.8 Å². The first-order valence-corrected chi connectivity index (χ1v) is 8.88. The van der Waals surface area contributed by atoms with E-state index in [2.05, 4.69) is 0 Å². The van der Waals surface area contributed by atoms with Crippen LogP contribution in [-0.2, 0) is 14.5 Å². The fourth-order valence-electron chi connectivity index (χ4n) is 1.58. The summed E-state index contributed by atoms with van der Waals surface area (Å²) >= 11 is 0. The Balaban J connectivity index is 0.000000224. The summed E-state index contributed by atoms with van der Waals surface area (Å²) in [5.74, 6) is -0.331. The molecule has 0 aromatic heterocycles. The molecule has 0 saturated heterocycles. The molecule has 0 aliphatic carbocycles. The van der Waals surface area contributed by atoms with E-state index in [0.29, 0.717) is 0 Å². The Morgan fingerprint density at radius 3 is 1.95 bits per heavy atom. The van der Waals surface area contributed by atoms with Gasteiger partial charge in [-0.3, -0.25) is 0 Å². The van der Waals surface area contributed by atoms with Crippen molar-refractivity contribution in [2.24, 2.45) is 0 Å². The molecule has 3 nitrogen and oxygen atoms in total. The molecule has 0 saturated carbocycles. The Hall–Kier alpha value is -1.59. The molecule has 22 heavy (non-hydrogen) atoms. The van der Waals surface area contributed by atoms with E-state index in [0.717, 1.165) is 5.56 Å². The summed E-state index contributed by atoms with van der Waals surface area (Å²) in [5.41, 5.74) is 6.52. The number of nitrogen functional groups attached to an aromatic ring is 1. The van der Waals surface area contributed by atoms with Crippen molar-refractivity contribution in [1.29, 1.82) is 0 Å². The molecule has 0 amide bonds. The van der Waals surface area contributed by atoms with Crippen LogP contribution in [0.4, 0.5) is 10.1 Å². The zero-order valence-corrected chi connectivity index (χ0v) is 14.2. The lowest BCUT2D eigenvalue weighted by atomic mass is 9.87. The van der Waals surface area contributed by atoms with E-state index in [-0.39, 0.29) is 21.8 Å². The SMILES string of the molecule is CC(C)(C)c1ccc(N)c(F)c1.O=S(=O)(Cl)c1ccccc1. The normalized spacial score (nSPS) is 11.5. The predicted octanol–water partition coefficient (Wildman–Crippen LogP) is 4.32. The van der Waals surface area contributed by atoms with Gasteiger partial charge in [-0.1, -0.05) is 45.0 Å². The van der Waals surface area contributed by atoms with Crippen LogP contribution in [0, 0.1) is 5.82 Å². The van der Waals surface area contributed by atoms with Gasteiger partial charge in [0.15, 0.2) is 0 Å². The lowest BCUT2D eigenvalue weighted by Gasteiger charge is -2.19. The summed E-state index contributed by atoms with van der Waals surface area (Å²) in [7, 11) is 1.50. The van der Waals surface area contributed by atoms with Crippen molar-refractivity contribution in [3.8, 4) is 0 Å². The van der Waals surface area contributed by atoms with Crippen molar-refractivity contribution in [3.63, 3.8) is 0 Å². The summed E-state index contributed by atoms with van der Waals surface area (Å²) < 4.78 is 34.2. The van der Waals surface area contributed by atoms with Gasteiger partial charge in [0.2, 0.25) is 0 Å². The summed E-state index contributed by atoms with van der Waals surface area (Å²) in [4.78, 5) is 0.136. The Morgan fingerprint density at radius 2 is 1.59 bits per heavy atom. The number of benzene rings is 2. The molecule has 0 unspecified atom stereocenters. The minimum atomic E-state index is -3.53. The van der Waals surface area contributed by atoms with Gasteiger partial charge in [-0.15, -0.1) is 0 Å². The molecule has 2 aromatic rings. The van der Waals surface area contributed by atoms with Crippen molar-refractivity contribution >= 4 is 25.4 Å². The maximum Gasteiger partial charge on any atom is 0.261 e. The van der Waals surface area contributed by atoms with Gasteiger partial charge in [0.1, 0.15) is 5.82 Å². The molecular weight excluding hydrogens is 325 g/mol. The Labute approximate surface area is 135 Å². The fourth-order valence-corrected chi connectivity index (χ4v) is 2.37. The van der Waals surface area contributed by atoms with Crippen LogP contribution < -0.4 is 5.73 Å². The van der Waals surface area contributed by atoms with E-state index >= 15 is 0 Å². The van der Waals surface area contributed by atoms with Crippen LogP contribution in [0.1, 0.15) is 26.3 Å². The zero-order valence-electron chi connectivity index (χ0n) is 12.7. The van der Waals surface area contributed by atoms with Crippen LogP contribution in [0.2, 0.25) is 0 Å². The van der Waals surface area contributed by atoms with E-state index in [1.54, 1.807) is 24.3 Å². The molecule has 0 radical (unpaired) electrons. The molecular formula is C16H19ClFNO2S. The summed E-state index contributed by atoms with van der Waals surface area (Å²) in [6.07, 6.45) is 0. The largest absolute Gasteiger partial charge is 0.396 e. The van der Waals surface area contributed by atoms with Crippen molar-refractivity contribution in [2.45, 2.75) is 31.1 Å². The van der Waals surface area contributed by atoms with Crippen LogP contribution in [0.25, 0.3) is 0 Å². The molecule has 0 bridgehead atoms. The number of hydrogen-bond acceptors (Lipinski definition) is 3. The van der Waals surface area contributed by atoms with Gasteiger partial charge in [-0.2, -0.15) is 0 Å². The Morgan fingerprint density at radius 1 is 1.05 bits per heavy atom. The van der Waals surface area contributed by atoms with Crippen LogP contribution in [0.5, 0.6) is 0 Å². The molecule has 2 rings (SSSR count). The van der Waals surface area contributed by atoms with E-state index in [1.165, 1.54) is 18.2 Å². The second-order valence-electron chi connectivity index (χ2n) is 5.74. The van der Waals surface area contributed by atoms with E-state index < -0.39 is 9.05 Å². The summed E-state index contributed by atoms with van der Waals surface area (Å²) in [6.45, 7) is 6.12. The number of anilines is 1. The van der Waals surface area contributed by atoms with Crippen molar-refractivity contribution in [3.05, 3.63) is 59.9 Å². The summed E-state index contributed by atoms with van der Waals surface area (Å²) in [5, 5.41) is 0. The third-order valence-electron chi connectivity index (χ3n) is 2.89. The maximum absolute atomic E-state index is 13.0. The minimum absolute atomic E-state index is 0.0193. The zero-order chi connectivity index (χ0) is 17.0. The topological polar surface area (TPSA) is 60.2 Å². The number of halogens is 2. The first-order chi connectivity index (χ1) is 10.0. The highest BCUT2D eigenvalue weighted by Crippen LogP contribution is 2.24. The maximum atomic E-state index is 13.0. The van der Waals surface area contributed by atoms with Gasteiger partial charge in [-0.05, 0) is 35.2 Å². The van der Waals surface area contributed by atoms with Gasteiger partial charge < -0.3 is 5.73 Å². The van der Waals surface area contributed by atoms with Crippen LogP contribution in [0.15, 0.2) is 53.4 Å². The predicted molar refractivity (Wildman–Crippen MR) is 89.0 cm³/mol. The van der Waals surface area contributed by atoms with Crippen LogP contribution in [-0.4, -0.2) is 8.42 Å². The Bertz CT molecular complexity index is 726. The van der Waals surface area contributed by atoms with Crippen LogP contribution in [0.3, 0.4) is 0 Å². The lowest BCUT2D eigenvalue weighted by Crippen LogP contribution is -2.11. The Kier molecular flexibility index (Phi) is 5.97. The number of rotatable bonds is 1. The number of nitrogens with two attached hydrogens (primary N) is 1. The molecule has 0 heterocycles. The molecule has 120 valence electrons. The molecule has 0 atom stereocenters. The van der Waals surface area contributed by atoms with E-state index in [1.807, 2.05) is 26.8 Å². The highest BCUT2D eigenvalue weighted by molar-refractivity contribution is 8.13. The second kappa shape index (κ2) is 7.11. The third kappa shape index (κ3) is 5.66. The van der Waals surface area contributed by atoms with Gasteiger partial charge in [0.05, 0.1) is 10.6 Å². The fraction of sp³-hybridized carbons (Fsp3) is 0.250. The molecule has 2 N–H and O–H groups in total. The van der Waals surface area contributed by atoms with E-state index in [9.17, 15) is 12.8 Å². The molecule has 0 aliphatic rings. The average molecular weight is 344 g/mol.